The maximum Gasteiger partial charge on any atom is 0.0346 e. The summed E-state index contributed by atoms with van der Waals surface area (Å²) in [6.45, 7) is 3.33. The highest BCUT2D eigenvalue weighted by molar-refractivity contribution is 5.84. The zero-order chi connectivity index (χ0) is 11.4. The third kappa shape index (κ3) is 2.39. The molecule has 2 heteroatoms. The molecule has 0 radical (unpaired) electrons. The number of rotatable bonds is 4. The van der Waals surface area contributed by atoms with Crippen molar-refractivity contribution < 1.29 is 0 Å². The molecule has 1 N–H and O–H groups in total. The van der Waals surface area contributed by atoms with Crippen molar-refractivity contribution in [1.29, 1.82) is 0 Å². The van der Waals surface area contributed by atoms with Crippen LogP contribution >= 0.6 is 0 Å². The first-order chi connectivity index (χ1) is 7.81. The van der Waals surface area contributed by atoms with Crippen LogP contribution in [0.25, 0.3) is 10.8 Å². The van der Waals surface area contributed by atoms with Crippen molar-refractivity contribution in [2.75, 3.05) is 13.6 Å². The summed E-state index contributed by atoms with van der Waals surface area (Å²) in [7, 11) is 2.00. The summed E-state index contributed by atoms with van der Waals surface area (Å²) in [5.74, 6) is 0.656. The molecule has 1 aromatic heterocycles. The first-order valence-electron chi connectivity index (χ1n) is 5.77. The third-order valence-corrected chi connectivity index (χ3v) is 2.89. The Morgan fingerprint density at radius 2 is 2.19 bits per heavy atom. The first kappa shape index (κ1) is 11.1. The summed E-state index contributed by atoms with van der Waals surface area (Å²) < 4.78 is 0. The predicted octanol–water partition coefficient (Wildman–Crippen LogP) is 2.63. The molecule has 0 saturated carbocycles. The summed E-state index contributed by atoms with van der Waals surface area (Å²) in [6, 6.07) is 8.56. The quantitative estimate of drug-likeness (QED) is 0.846. The highest BCUT2D eigenvalue weighted by atomic mass is 14.8. The van der Waals surface area contributed by atoms with Crippen LogP contribution in [0.15, 0.2) is 36.7 Å². The van der Waals surface area contributed by atoms with Crippen molar-refractivity contribution in [1.82, 2.24) is 10.3 Å². The van der Waals surface area contributed by atoms with E-state index in [-0.39, 0.29) is 0 Å². The molecule has 0 amide bonds. The maximum absolute atomic E-state index is 4.16. The van der Waals surface area contributed by atoms with E-state index < -0.39 is 0 Å². The Kier molecular flexibility index (Phi) is 3.52. The van der Waals surface area contributed by atoms with Gasteiger partial charge in [-0.15, -0.1) is 0 Å². The molecule has 0 aliphatic carbocycles. The normalized spacial score (nSPS) is 12.9. The Labute approximate surface area is 96.7 Å². The van der Waals surface area contributed by atoms with Crippen LogP contribution in [0.3, 0.4) is 0 Å². The minimum atomic E-state index is 0.656. The highest BCUT2D eigenvalue weighted by Crippen LogP contribution is 2.20. The van der Waals surface area contributed by atoms with Crippen molar-refractivity contribution in [3.63, 3.8) is 0 Å². The van der Waals surface area contributed by atoms with Gasteiger partial charge < -0.3 is 5.32 Å². The van der Waals surface area contributed by atoms with Gasteiger partial charge in [-0.2, -0.15) is 0 Å². The second-order valence-electron chi connectivity index (χ2n) is 4.38. The van der Waals surface area contributed by atoms with E-state index in [0.717, 1.165) is 13.0 Å². The van der Waals surface area contributed by atoms with Crippen LogP contribution in [-0.4, -0.2) is 18.6 Å². The van der Waals surface area contributed by atoms with Crippen LogP contribution in [0.5, 0.6) is 0 Å². The number of aromatic nitrogens is 1. The molecule has 16 heavy (non-hydrogen) atoms. The molecule has 0 aliphatic rings. The predicted molar refractivity (Wildman–Crippen MR) is 68.5 cm³/mol. The molecule has 1 aromatic carbocycles. The van der Waals surface area contributed by atoms with E-state index in [4.69, 9.17) is 0 Å². The number of hydrogen-bond donors (Lipinski definition) is 1. The Morgan fingerprint density at radius 3 is 3.00 bits per heavy atom. The summed E-state index contributed by atoms with van der Waals surface area (Å²) >= 11 is 0. The number of pyridine rings is 1. The van der Waals surface area contributed by atoms with E-state index in [1.165, 1.54) is 16.3 Å². The fourth-order valence-electron chi connectivity index (χ4n) is 2.16. The van der Waals surface area contributed by atoms with E-state index in [0.29, 0.717) is 5.92 Å². The Bertz CT molecular complexity index is 460. The fourth-order valence-corrected chi connectivity index (χ4v) is 2.16. The lowest BCUT2D eigenvalue weighted by atomic mass is 9.97. The van der Waals surface area contributed by atoms with Crippen LogP contribution in [-0.2, 0) is 6.42 Å². The van der Waals surface area contributed by atoms with Gasteiger partial charge in [-0.3, -0.25) is 4.98 Å². The molecular weight excluding hydrogens is 196 g/mol. The van der Waals surface area contributed by atoms with Gasteiger partial charge in [0.2, 0.25) is 0 Å². The van der Waals surface area contributed by atoms with E-state index >= 15 is 0 Å². The van der Waals surface area contributed by atoms with Crippen LogP contribution < -0.4 is 5.32 Å². The van der Waals surface area contributed by atoms with Crippen LogP contribution in [0.2, 0.25) is 0 Å². The second-order valence-corrected chi connectivity index (χ2v) is 4.38. The number of hydrogen-bond acceptors (Lipinski definition) is 2. The molecule has 0 bridgehead atoms. The minimum Gasteiger partial charge on any atom is -0.319 e. The van der Waals surface area contributed by atoms with Crippen molar-refractivity contribution >= 4 is 10.8 Å². The standard InChI is InChI=1S/C14H18N2/c1-11(9-15-2)8-12-4-3-5-13-10-16-7-6-14(12)13/h3-7,10-11,15H,8-9H2,1-2H3. The Balaban J connectivity index is 2.30. The first-order valence-corrected chi connectivity index (χ1v) is 5.77. The summed E-state index contributed by atoms with van der Waals surface area (Å²) in [4.78, 5) is 4.16. The summed E-state index contributed by atoms with van der Waals surface area (Å²) in [5.41, 5.74) is 1.42. The van der Waals surface area contributed by atoms with Gasteiger partial charge in [-0.25, -0.2) is 0 Å². The van der Waals surface area contributed by atoms with E-state index in [2.05, 4.69) is 41.5 Å². The molecule has 2 aromatic rings. The molecular formula is C14H18N2. The lowest BCUT2D eigenvalue weighted by Crippen LogP contribution is -2.18. The monoisotopic (exact) mass is 214 g/mol. The number of nitrogens with one attached hydrogen (secondary N) is 1. The third-order valence-electron chi connectivity index (χ3n) is 2.89. The van der Waals surface area contributed by atoms with Gasteiger partial charge in [-0.05, 0) is 42.9 Å². The molecule has 0 spiro atoms. The van der Waals surface area contributed by atoms with Gasteiger partial charge in [0.05, 0.1) is 0 Å². The number of benzene rings is 1. The zero-order valence-corrected chi connectivity index (χ0v) is 9.90. The molecule has 0 aliphatic heterocycles. The van der Waals surface area contributed by atoms with Gasteiger partial charge in [0.25, 0.3) is 0 Å². The maximum atomic E-state index is 4.16. The highest BCUT2D eigenvalue weighted by Gasteiger charge is 2.05. The van der Waals surface area contributed by atoms with Crippen molar-refractivity contribution in [2.45, 2.75) is 13.3 Å². The van der Waals surface area contributed by atoms with Gasteiger partial charge in [0, 0.05) is 17.8 Å². The van der Waals surface area contributed by atoms with E-state index in [9.17, 15) is 0 Å². The summed E-state index contributed by atoms with van der Waals surface area (Å²) in [6.07, 6.45) is 4.92. The van der Waals surface area contributed by atoms with Gasteiger partial charge in [-0.1, -0.05) is 25.1 Å². The van der Waals surface area contributed by atoms with Crippen molar-refractivity contribution in [2.24, 2.45) is 5.92 Å². The van der Waals surface area contributed by atoms with E-state index in [1.54, 1.807) is 0 Å². The SMILES string of the molecule is CNCC(C)Cc1cccc2cnccc12. The molecule has 84 valence electrons. The average Bonchev–Trinajstić information content (AvgIpc) is 2.30. The molecule has 1 heterocycles. The van der Waals surface area contributed by atoms with Gasteiger partial charge in [0.15, 0.2) is 0 Å². The van der Waals surface area contributed by atoms with Gasteiger partial charge >= 0.3 is 0 Å². The fraction of sp³-hybridized carbons (Fsp3) is 0.357. The van der Waals surface area contributed by atoms with Gasteiger partial charge in [0.1, 0.15) is 0 Å². The Morgan fingerprint density at radius 1 is 1.31 bits per heavy atom. The lowest BCUT2D eigenvalue weighted by Gasteiger charge is -2.12. The molecule has 1 unspecified atom stereocenters. The lowest BCUT2D eigenvalue weighted by molar-refractivity contribution is 0.543. The molecule has 2 nitrogen and oxygen atoms in total. The summed E-state index contributed by atoms with van der Waals surface area (Å²) in [5, 5.41) is 5.79. The van der Waals surface area contributed by atoms with Crippen molar-refractivity contribution in [3.8, 4) is 0 Å². The molecule has 0 fully saturated rings. The largest absolute Gasteiger partial charge is 0.319 e. The number of fused-ring (bicyclic) bond motifs is 1. The number of nitrogens with zero attached hydrogens (tertiary/aromatic N) is 1. The Hall–Kier alpha value is -1.41. The van der Waals surface area contributed by atoms with Crippen LogP contribution in [0.1, 0.15) is 12.5 Å². The second kappa shape index (κ2) is 5.08. The average molecular weight is 214 g/mol. The molecule has 0 saturated heterocycles. The van der Waals surface area contributed by atoms with Crippen LogP contribution in [0, 0.1) is 5.92 Å². The molecule has 2 rings (SSSR count). The zero-order valence-electron chi connectivity index (χ0n) is 9.90. The molecule has 1 atom stereocenters. The minimum absolute atomic E-state index is 0.656. The van der Waals surface area contributed by atoms with E-state index in [1.807, 2.05) is 19.4 Å². The van der Waals surface area contributed by atoms with Crippen molar-refractivity contribution in [3.05, 3.63) is 42.2 Å². The van der Waals surface area contributed by atoms with Crippen LogP contribution in [0.4, 0.5) is 0 Å². The topological polar surface area (TPSA) is 24.9 Å². The smallest absolute Gasteiger partial charge is 0.0346 e.